The molecule has 1 N–H and O–H groups in total. The Kier molecular flexibility index (Phi) is 8.33. The van der Waals surface area contributed by atoms with E-state index in [1.165, 1.54) is 20.0 Å². The smallest absolute Gasteiger partial charge is 0.337 e. The van der Waals surface area contributed by atoms with Crippen LogP contribution in [-0.4, -0.2) is 31.2 Å². The van der Waals surface area contributed by atoms with Gasteiger partial charge in [0.2, 0.25) is 0 Å². The van der Waals surface area contributed by atoms with Crippen LogP contribution in [0.4, 0.5) is 5.69 Å². The minimum atomic E-state index is -0.428. The molecule has 6 nitrogen and oxygen atoms in total. The molecule has 0 saturated heterocycles. The van der Waals surface area contributed by atoms with Gasteiger partial charge in [-0.05, 0) is 87.8 Å². The fourth-order valence-corrected chi connectivity index (χ4v) is 4.88. The van der Waals surface area contributed by atoms with E-state index in [9.17, 15) is 9.59 Å². The lowest BCUT2D eigenvalue weighted by Gasteiger charge is -2.28. The Morgan fingerprint density at radius 3 is 2.00 bits per heavy atom. The summed E-state index contributed by atoms with van der Waals surface area (Å²) >= 11 is 6.65. The highest BCUT2D eigenvalue weighted by Crippen LogP contribution is 2.40. The normalized spacial score (nSPS) is 17.1. The van der Waals surface area contributed by atoms with Gasteiger partial charge in [-0.2, -0.15) is 0 Å². The van der Waals surface area contributed by atoms with Crippen LogP contribution >= 0.6 is 11.6 Å². The Labute approximate surface area is 205 Å². The summed E-state index contributed by atoms with van der Waals surface area (Å²) in [5.74, 6) is 0.336. The Morgan fingerprint density at radius 1 is 0.824 bits per heavy atom. The van der Waals surface area contributed by atoms with Gasteiger partial charge in [0.25, 0.3) is 5.91 Å². The molecular formula is C27H32ClNO5. The summed E-state index contributed by atoms with van der Waals surface area (Å²) in [5, 5.41) is 3.23. The third-order valence-corrected chi connectivity index (χ3v) is 6.80. The highest BCUT2D eigenvalue weighted by Gasteiger charge is 2.24. The molecule has 1 amide bonds. The molecule has 2 saturated carbocycles. The van der Waals surface area contributed by atoms with Crippen molar-refractivity contribution in [1.82, 2.24) is 0 Å². The van der Waals surface area contributed by atoms with Gasteiger partial charge in [0.15, 0.2) is 11.5 Å². The lowest BCUT2D eigenvalue weighted by molar-refractivity contribution is 0.0600. The van der Waals surface area contributed by atoms with Crippen LogP contribution in [0.25, 0.3) is 0 Å². The molecule has 0 atom stereocenters. The van der Waals surface area contributed by atoms with E-state index in [0.29, 0.717) is 33.3 Å². The maximum absolute atomic E-state index is 13.0. The third kappa shape index (κ3) is 6.23. The molecule has 0 spiro atoms. The van der Waals surface area contributed by atoms with E-state index in [0.717, 1.165) is 51.4 Å². The second kappa shape index (κ2) is 11.6. The Bertz CT molecular complexity index is 995. The zero-order valence-electron chi connectivity index (χ0n) is 19.6. The van der Waals surface area contributed by atoms with Crippen molar-refractivity contribution < 1.29 is 23.8 Å². The van der Waals surface area contributed by atoms with Gasteiger partial charge >= 0.3 is 5.97 Å². The Balaban J connectivity index is 1.55. The number of ether oxygens (including phenoxy) is 3. The average molecular weight is 486 g/mol. The first-order chi connectivity index (χ1) is 16.5. The van der Waals surface area contributed by atoms with Crippen LogP contribution in [0.2, 0.25) is 5.02 Å². The van der Waals surface area contributed by atoms with Crippen LogP contribution in [0.3, 0.4) is 0 Å². The number of hydrogen-bond acceptors (Lipinski definition) is 5. The topological polar surface area (TPSA) is 73.9 Å². The number of hydrogen-bond donors (Lipinski definition) is 1. The fraction of sp³-hybridized carbons (Fsp3) is 0.481. The standard InChI is InChI=1S/C27H32ClNO5/c1-32-27(31)18-12-14-20(15-13-18)29-26(30)19-16-23(28)25(34-22-10-6-3-7-11-22)24(17-19)33-21-8-4-2-5-9-21/h12-17,21-22H,2-11H2,1H3,(H,29,30). The number of amides is 1. The molecule has 0 aromatic heterocycles. The van der Waals surface area contributed by atoms with Crippen LogP contribution in [-0.2, 0) is 4.74 Å². The first-order valence-electron chi connectivity index (χ1n) is 12.2. The van der Waals surface area contributed by atoms with Crippen molar-refractivity contribution in [2.24, 2.45) is 0 Å². The number of rotatable bonds is 7. The van der Waals surface area contributed by atoms with E-state index >= 15 is 0 Å². The third-order valence-electron chi connectivity index (χ3n) is 6.52. The number of nitrogens with one attached hydrogen (secondary N) is 1. The first kappa shape index (κ1) is 24.4. The number of benzene rings is 2. The lowest BCUT2D eigenvalue weighted by atomic mass is 9.97. The van der Waals surface area contributed by atoms with Crippen LogP contribution in [0.5, 0.6) is 11.5 Å². The highest BCUT2D eigenvalue weighted by molar-refractivity contribution is 6.32. The quantitative estimate of drug-likeness (QED) is 0.436. The van der Waals surface area contributed by atoms with E-state index in [1.807, 2.05) is 0 Å². The second-order valence-corrected chi connectivity index (χ2v) is 9.47. The van der Waals surface area contributed by atoms with Crippen LogP contribution < -0.4 is 14.8 Å². The van der Waals surface area contributed by atoms with Crippen molar-refractivity contribution in [2.45, 2.75) is 76.4 Å². The second-order valence-electron chi connectivity index (χ2n) is 9.06. The van der Waals surface area contributed by atoms with E-state index in [1.54, 1.807) is 36.4 Å². The van der Waals surface area contributed by atoms with Gasteiger partial charge in [0.05, 0.1) is 29.9 Å². The highest BCUT2D eigenvalue weighted by atomic mass is 35.5. The van der Waals surface area contributed by atoms with Crippen LogP contribution in [0, 0.1) is 0 Å². The number of esters is 1. The molecule has 182 valence electrons. The summed E-state index contributed by atoms with van der Waals surface area (Å²) < 4.78 is 17.4. The number of carbonyl (C=O) groups excluding carboxylic acids is 2. The molecule has 34 heavy (non-hydrogen) atoms. The minimum Gasteiger partial charge on any atom is -0.486 e. The van der Waals surface area contributed by atoms with Gasteiger partial charge < -0.3 is 19.5 Å². The van der Waals surface area contributed by atoms with Gasteiger partial charge in [-0.1, -0.05) is 24.4 Å². The van der Waals surface area contributed by atoms with Gasteiger partial charge in [0.1, 0.15) is 0 Å². The minimum absolute atomic E-state index is 0.0997. The number of anilines is 1. The van der Waals surface area contributed by atoms with E-state index in [2.05, 4.69) is 5.32 Å². The average Bonchev–Trinajstić information content (AvgIpc) is 2.87. The number of methoxy groups -OCH3 is 1. The van der Waals surface area contributed by atoms with Gasteiger partial charge in [-0.25, -0.2) is 4.79 Å². The Morgan fingerprint density at radius 2 is 1.41 bits per heavy atom. The molecule has 2 aromatic carbocycles. The van der Waals surface area contributed by atoms with Gasteiger partial charge in [0, 0.05) is 11.3 Å². The van der Waals surface area contributed by atoms with E-state index in [-0.39, 0.29) is 18.1 Å². The fourth-order valence-electron chi connectivity index (χ4n) is 4.62. The summed E-state index contributed by atoms with van der Waals surface area (Å²) in [6.07, 6.45) is 11.2. The summed E-state index contributed by atoms with van der Waals surface area (Å²) in [5.41, 5.74) is 1.37. The van der Waals surface area contributed by atoms with E-state index in [4.69, 9.17) is 25.8 Å². The predicted octanol–water partition coefficient (Wildman–Crippen LogP) is 6.80. The van der Waals surface area contributed by atoms with Crippen LogP contribution in [0.15, 0.2) is 36.4 Å². The lowest BCUT2D eigenvalue weighted by Crippen LogP contribution is -2.23. The molecule has 2 aliphatic rings. The van der Waals surface area contributed by atoms with Crippen molar-refractivity contribution in [1.29, 1.82) is 0 Å². The van der Waals surface area contributed by atoms with Crippen LogP contribution in [0.1, 0.15) is 84.9 Å². The SMILES string of the molecule is COC(=O)c1ccc(NC(=O)c2cc(Cl)c(OC3CCCCC3)c(OC3CCCCC3)c2)cc1. The van der Waals surface area contributed by atoms with Gasteiger partial charge in [-0.3, -0.25) is 4.79 Å². The monoisotopic (exact) mass is 485 g/mol. The van der Waals surface area contributed by atoms with Crippen molar-refractivity contribution in [3.8, 4) is 11.5 Å². The molecule has 2 aromatic rings. The zero-order valence-corrected chi connectivity index (χ0v) is 20.4. The van der Waals surface area contributed by atoms with E-state index < -0.39 is 5.97 Å². The van der Waals surface area contributed by atoms with Crippen molar-refractivity contribution in [3.05, 3.63) is 52.5 Å². The molecule has 0 radical (unpaired) electrons. The number of carbonyl (C=O) groups is 2. The maximum atomic E-state index is 13.0. The molecule has 2 aliphatic carbocycles. The molecule has 0 heterocycles. The first-order valence-corrected chi connectivity index (χ1v) is 12.6. The van der Waals surface area contributed by atoms with Crippen molar-refractivity contribution >= 4 is 29.2 Å². The molecule has 7 heteroatoms. The summed E-state index contributed by atoms with van der Waals surface area (Å²) in [6, 6.07) is 9.89. The van der Waals surface area contributed by atoms with Gasteiger partial charge in [-0.15, -0.1) is 0 Å². The maximum Gasteiger partial charge on any atom is 0.337 e. The Hall–Kier alpha value is -2.73. The summed E-state index contributed by atoms with van der Waals surface area (Å²) in [6.45, 7) is 0. The predicted molar refractivity (Wildman–Crippen MR) is 132 cm³/mol. The van der Waals surface area contributed by atoms with Crippen molar-refractivity contribution in [3.63, 3.8) is 0 Å². The molecule has 0 bridgehead atoms. The molecule has 2 fully saturated rings. The summed E-state index contributed by atoms with van der Waals surface area (Å²) in [4.78, 5) is 24.7. The molecular weight excluding hydrogens is 454 g/mol. The largest absolute Gasteiger partial charge is 0.486 e. The molecule has 4 rings (SSSR count). The summed E-state index contributed by atoms with van der Waals surface area (Å²) in [7, 11) is 1.33. The molecule has 0 aliphatic heterocycles. The van der Waals surface area contributed by atoms with Crippen molar-refractivity contribution in [2.75, 3.05) is 12.4 Å². The zero-order chi connectivity index (χ0) is 23.9. The molecule has 0 unspecified atom stereocenters. The number of halogens is 1.